The average Bonchev–Trinajstić information content (AvgIpc) is 2.44. The summed E-state index contributed by atoms with van der Waals surface area (Å²) in [6.07, 6.45) is 0.912. The van der Waals surface area contributed by atoms with Crippen molar-refractivity contribution in [3.63, 3.8) is 0 Å². The number of hydrogen-bond donors (Lipinski definition) is 4. The number of nitrogens with zero attached hydrogens (tertiary/aromatic N) is 1. The molecule has 3 atom stereocenters. The van der Waals surface area contributed by atoms with Crippen molar-refractivity contribution in [2.45, 2.75) is 35.9 Å². The zero-order valence-corrected chi connectivity index (χ0v) is 10.1. The molecule has 0 radical (unpaired) electrons. The largest absolute Gasteiger partial charge is 0.480 e. The van der Waals surface area contributed by atoms with E-state index in [1.165, 1.54) is 0 Å². The Morgan fingerprint density at radius 1 is 1.73 bits per heavy atom. The van der Waals surface area contributed by atoms with Gasteiger partial charge in [0, 0.05) is 6.04 Å². The molecule has 0 aromatic carbocycles. The molecule has 4 nitrogen and oxygen atoms in total. The third-order valence-electron chi connectivity index (χ3n) is 2.46. The molecule has 6 heteroatoms. The van der Waals surface area contributed by atoms with Crippen LogP contribution in [-0.2, 0) is 4.79 Å². The van der Waals surface area contributed by atoms with Crippen LogP contribution in [0, 0.1) is 17.2 Å². The number of aliphatic carboxylic acids is 1. The molecule has 0 spiro atoms. The monoisotopic (exact) mass is 246 g/mol. The Bertz CT molecular complexity index is 295. The van der Waals surface area contributed by atoms with Crippen LogP contribution in [0.5, 0.6) is 0 Å². The topological polar surface area (TPSA) is 73.1 Å². The molecule has 1 rings (SSSR count). The Hall–Kier alpha value is -0.380. The smallest absolute Gasteiger partial charge is 0.320 e. The first-order valence-electron chi connectivity index (χ1n) is 4.66. The van der Waals surface area contributed by atoms with Crippen molar-refractivity contribution in [2.24, 2.45) is 5.92 Å². The second kappa shape index (κ2) is 4.64. The molecule has 0 aromatic heterocycles. The summed E-state index contributed by atoms with van der Waals surface area (Å²) >= 11 is 8.52. The summed E-state index contributed by atoms with van der Waals surface area (Å²) in [5.41, 5.74) is 0. The van der Waals surface area contributed by atoms with Crippen LogP contribution in [-0.4, -0.2) is 27.2 Å². The van der Waals surface area contributed by atoms with E-state index in [0.717, 1.165) is 0 Å². The number of nitrogens with one attached hydrogen (secondary N) is 1. The van der Waals surface area contributed by atoms with E-state index in [2.05, 4.69) is 36.6 Å². The summed E-state index contributed by atoms with van der Waals surface area (Å²) in [5, 5.41) is 20.7. The molecular weight excluding hydrogens is 232 g/mol. The van der Waals surface area contributed by atoms with E-state index >= 15 is 0 Å². The molecule has 1 aliphatic heterocycles. The maximum Gasteiger partial charge on any atom is 0.320 e. The fraction of sp³-hybridized carbons (Fsp3) is 0.778. The minimum atomic E-state index is -0.905. The molecule has 1 aliphatic rings. The Kier molecular flexibility index (Phi) is 3.93. The van der Waals surface area contributed by atoms with E-state index in [1.54, 1.807) is 0 Å². The van der Waals surface area contributed by atoms with E-state index in [-0.39, 0.29) is 12.0 Å². The van der Waals surface area contributed by atoms with Crippen molar-refractivity contribution < 1.29 is 9.90 Å². The number of rotatable bonds is 3. The van der Waals surface area contributed by atoms with Crippen molar-refractivity contribution >= 4 is 31.2 Å². The molecule has 2 N–H and O–H groups in total. The molecule has 0 aromatic rings. The van der Waals surface area contributed by atoms with Crippen molar-refractivity contribution in [3.8, 4) is 6.07 Å². The van der Waals surface area contributed by atoms with Gasteiger partial charge in [0.25, 0.3) is 0 Å². The van der Waals surface area contributed by atoms with E-state index in [1.807, 2.05) is 6.92 Å². The molecule has 84 valence electrons. The van der Waals surface area contributed by atoms with Crippen LogP contribution >= 0.6 is 25.3 Å². The van der Waals surface area contributed by atoms with Crippen LogP contribution in [0.25, 0.3) is 0 Å². The lowest BCUT2D eigenvalue weighted by atomic mass is 9.97. The SMILES string of the molecule is CC(S)(S)CC1NC(C(=O)O)CC1C#N. The normalized spacial score (nSPS) is 31.2. The van der Waals surface area contributed by atoms with E-state index in [0.29, 0.717) is 12.8 Å². The van der Waals surface area contributed by atoms with Crippen molar-refractivity contribution in [1.82, 2.24) is 5.32 Å². The van der Waals surface area contributed by atoms with Gasteiger partial charge in [-0.1, -0.05) is 0 Å². The zero-order valence-electron chi connectivity index (χ0n) is 8.34. The number of carboxylic acid groups (broad SMARTS) is 1. The lowest BCUT2D eigenvalue weighted by Gasteiger charge is -2.23. The molecule has 1 saturated heterocycles. The Morgan fingerprint density at radius 2 is 2.33 bits per heavy atom. The minimum absolute atomic E-state index is 0.143. The fourth-order valence-corrected chi connectivity index (χ4v) is 2.19. The number of nitriles is 1. The lowest BCUT2D eigenvalue weighted by Crippen LogP contribution is -2.38. The Labute approximate surface area is 99.9 Å². The molecule has 15 heavy (non-hydrogen) atoms. The average molecular weight is 246 g/mol. The van der Waals surface area contributed by atoms with Crippen LogP contribution in [0.4, 0.5) is 0 Å². The maximum absolute atomic E-state index is 10.8. The summed E-state index contributed by atoms with van der Waals surface area (Å²) in [6.45, 7) is 1.82. The Morgan fingerprint density at radius 3 is 2.73 bits per heavy atom. The Balaban J connectivity index is 2.66. The summed E-state index contributed by atoms with van der Waals surface area (Å²) in [4.78, 5) is 10.8. The number of carbonyl (C=O) groups is 1. The van der Waals surface area contributed by atoms with Gasteiger partial charge in [-0.25, -0.2) is 0 Å². The summed E-state index contributed by atoms with van der Waals surface area (Å²) in [6, 6.07) is 1.36. The first kappa shape index (κ1) is 12.7. The van der Waals surface area contributed by atoms with Crippen molar-refractivity contribution in [1.29, 1.82) is 5.26 Å². The van der Waals surface area contributed by atoms with E-state index in [4.69, 9.17) is 10.4 Å². The first-order chi connectivity index (χ1) is 6.83. The van der Waals surface area contributed by atoms with Gasteiger partial charge < -0.3 is 10.4 Å². The van der Waals surface area contributed by atoms with Crippen LogP contribution < -0.4 is 5.32 Å². The van der Waals surface area contributed by atoms with Crippen LogP contribution in [0.3, 0.4) is 0 Å². The molecule has 0 aliphatic carbocycles. The minimum Gasteiger partial charge on any atom is -0.480 e. The van der Waals surface area contributed by atoms with Crippen molar-refractivity contribution in [2.75, 3.05) is 0 Å². The highest BCUT2D eigenvalue weighted by atomic mass is 32.2. The molecule has 0 saturated carbocycles. The highest BCUT2D eigenvalue weighted by Crippen LogP contribution is 2.31. The molecule has 3 unspecified atom stereocenters. The van der Waals surface area contributed by atoms with Gasteiger partial charge in [0.15, 0.2) is 0 Å². The van der Waals surface area contributed by atoms with Gasteiger partial charge in [0.05, 0.1) is 16.1 Å². The predicted octanol–water partition coefficient (Wildman–Crippen LogP) is 0.907. The summed E-state index contributed by atoms with van der Waals surface area (Å²) < 4.78 is -0.500. The highest BCUT2D eigenvalue weighted by molar-refractivity contribution is 8.00. The molecule has 1 fully saturated rings. The highest BCUT2D eigenvalue weighted by Gasteiger charge is 2.39. The molecular formula is C9H14N2O2S2. The van der Waals surface area contributed by atoms with Crippen LogP contribution in [0.2, 0.25) is 0 Å². The lowest BCUT2D eigenvalue weighted by molar-refractivity contribution is -0.139. The number of hydrogen-bond acceptors (Lipinski definition) is 5. The fourth-order valence-electron chi connectivity index (χ4n) is 1.79. The first-order valence-corrected chi connectivity index (χ1v) is 5.56. The third kappa shape index (κ3) is 3.59. The van der Waals surface area contributed by atoms with Crippen LogP contribution in [0.15, 0.2) is 0 Å². The molecule has 0 amide bonds. The maximum atomic E-state index is 10.8. The predicted molar refractivity (Wildman–Crippen MR) is 63.1 cm³/mol. The van der Waals surface area contributed by atoms with Crippen molar-refractivity contribution in [3.05, 3.63) is 0 Å². The van der Waals surface area contributed by atoms with Gasteiger partial charge in [-0.2, -0.15) is 30.5 Å². The van der Waals surface area contributed by atoms with Gasteiger partial charge in [-0.15, -0.1) is 0 Å². The van der Waals surface area contributed by atoms with Gasteiger partial charge >= 0.3 is 5.97 Å². The third-order valence-corrected chi connectivity index (χ3v) is 2.83. The van der Waals surface area contributed by atoms with Crippen LogP contribution in [0.1, 0.15) is 19.8 Å². The number of carboxylic acids is 1. The standard InChI is InChI=1S/C9H14N2O2S2/c1-9(14,15)3-7-5(4-10)2-6(11-7)8(12)13/h5-7,11,14-15H,2-3H2,1H3,(H,12,13). The molecule has 0 bridgehead atoms. The molecule has 1 heterocycles. The zero-order chi connectivity index (χ0) is 11.6. The number of thiol groups is 2. The van der Waals surface area contributed by atoms with Gasteiger partial charge in [-0.3, -0.25) is 4.79 Å². The van der Waals surface area contributed by atoms with Gasteiger partial charge in [-0.05, 0) is 19.8 Å². The second-order valence-electron chi connectivity index (χ2n) is 4.06. The van der Waals surface area contributed by atoms with E-state index < -0.39 is 16.1 Å². The summed E-state index contributed by atoms with van der Waals surface area (Å²) in [7, 11) is 0. The van der Waals surface area contributed by atoms with Gasteiger partial charge in [0.2, 0.25) is 0 Å². The quantitative estimate of drug-likeness (QED) is 0.441. The van der Waals surface area contributed by atoms with E-state index in [9.17, 15) is 4.79 Å². The second-order valence-corrected chi connectivity index (χ2v) is 6.38. The van der Waals surface area contributed by atoms with Gasteiger partial charge in [0.1, 0.15) is 6.04 Å². The summed E-state index contributed by atoms with van der Waals surface area (Å²) in [5.74, 6) is -1.18.